The molecular formula is C18H27IN4O2. The van der Waals surface area contributed by atoms with Crippen molar-refractivity contribution < 1.29 is 9.53 Å². The van der Waals surface area contributed by atoms with Gasteiger partial charge >= 0.3 is 0 Å². The summed E-state index contributed by atoms with van der Waals surface area (Å²) in [6.07, 6.45) is 2.99. The first-order valence-electron chi connectivity index (χ1n) is 8.22. The molecule has 1 aromatic rings. The van der Waals surface area contributed by atoms with Crippen LogP contribution in [0.1, 0.15) is 25.3 Å². The first-order valence-corrected chi connectivity index (χ1v) is 8.22. The first-order chi connectivity index (χ1) is 11.5. The predicted octanol–water partition coefficient (Wildman–Crippen LogP) is 1.98. The zero-order chi connectivity index (χ0) is 17.4. The van der Waals surface area contributed by atoms with Gasteiger partial charge in [0.15, 0.2) is 12.6 Å². The van der Waals surface area contributed by atoms with E-state index in [0.717, 1.165) is 30.4 Å². The van der Waals surface area contributed by atoms with E-state index in [4.69, 9.17) is 10.5 Å². The second-order valence-corrected chi connectivity index (χ2v) is 6.11. The average molecular weight is 458 g/mol. The number of aliphatic imine (C=N–C) groups is 1. The summed E-state index contributed by atoms with van der Waals surface area (Å²) < 4.78 is 5.47. The largest absolute Gasteiger partial charge is 0.484 e. The van der Waals surface area contributed by atoms with Crippen molar-refractivity contribution in [3.8, 4) is 5.75 Å². The number of carbonyl (C=O) groups excluding carboxylic acids is 1. The third kappa shape index (κ3) is 9.33. The van der Waals surface area contributed by atoms with E-state index in [1.165, 1.54) is 0 Å². The molecule has 0 unspecified atom stereocenters. The van der Waals surface area contributed by atoms with E-state index in [1.54, 1.807) is 0 Å². The lowest BCUT2D eigenvalue weighted by Crippen LogP contribution is -2.33. The number of rotatable bonds is 9. The average Bonchev–Trinajstić information content (AvgIpc) is 3.36. The molecule has 1 aromatic carbocycles. The molecule has 0 radical (unpaired) electrons. The Morgan fingerprint density at radius 2 is 2.04 bits per heavy atom. The molecule has 138 valence electrons. The molecule has 0 atom stereocenters. The molecule has 0 spiro atoms. The van der Waals surface area contributed by atoms with Crippen LogP contribution in [0.25, 0.3) is 0 Å². The third-order valence-electron chi connectivity index (χ3n) is 3.47. The van der Waals surface area contributed by atoms with E-state index in [9.17, 15) is 4.79 Å². The second kappa shape index (κ2) is 11.0. The summed E-state index contributed by atoms with van der Waals surface area (Å²) in [5.41, 5.74) is 7.89. The quantitative estimate of drug-likeness (QED) is 0.229. The summed E-state index contributed by atoms with van der Waals surface area (Å²) in [5, 5.41) is 5.96. The van der Waals surface area contributed by atoms with E-state index in [0.29, 0.717) is 30.8 Å². The van der Waals surface area contributed by atoms with Crippen molar-refractivity contribution in [2.75, 3.05) is 19.7 Å². The Bertz CT molecular complexity index is 598. The number of nitrogens with one attached hydrogen (secondary N) is 2. The molecule has 1 aliphatic rings. The number of benzene rings is 1. The Kier molecular flexibility index (Phi) is 9.33. The number of hydrogen-bond acceptors (Lipinski definition) is 3. The molecule has 4 N–H and O–H groups in total. The molecule has 0 bridgehead atoms. The topological polar surface area (TPSA) is 88.7 Å². The Morgan fingerprint density at radius 3 is 2.64 bits per heavy atom. The molecule has 7 heteroatoms. The van der Waals surface area contributed by atoms with Crippen LogP contribution < -0.4 is 21.1 Å². The molecule has 6 nitrogen and oxygen atoms in total. The molecule has 0 aliphatic heterocycles. The molecule has 1 aliphatic carbocycles. The lowest BCUT2D eigenvalue weighted by molar-refractivity contribution is -0.123. The number of amides is 1. The summed E-state index contributed by atoms with van der Waals surface area (Å²) in [6.45, 7) is 7.00. The van der Waals surface area contributed by atoms with Crippen LogP contribution >= 0.6 is 24.0 Å². The normalized spacial score (nSPS) is 13.6. The van der Waals surface area contributed by atoms with Crippen LogP contribution in [0.2, 0.25) is 0 Å². The number of carbonyl (C=O) groups is 1. The predicted molar refractivity (Wildman–Crippen MR) is 112 cm³/mol. The van der Waals surface area contributed by atoms with Gasteiger partial charge < -0.3 is 21.1 Å². The SMILES string of the molecule is C=C(C)CN=C(N)NCCc1ccc(OCC(=O)NC2CC2)cc1.I. The fourth-order valence-corrected chi connectivity index (χ4v) is 2.01. The molecule has 1 amide bonds. The molecule has 1 fully saturated rings. The molecule has 1 saturated carbocycles. The summed E-state index contributed by atoms with van der Waals surface area (Å²) in [6, 6.07) is 8.08. The Labute approximate surface area is 166 Å². The number of hydrogen-bond donors (Lipinski definition) is 3. The van der Waals surface area contributed by atoms with Crippen LogP contribution in [0.15, 0.2) is 41.4 Å². The highest BCUT2D eigenvalue weighted by Gasteiger charge is 2.23. The molecule has 2 rings (SSSR count). The number of halogens is 1. The minimum atomic E-state index is -0.0599. The van der Waals surface area contributed by atoms with Crippen LogP contribution in [0.5, 0.6) is 5.75 Å². The maximum absolute atomic E-state index is 11.6. The molecular weight excluding hydrogens is 431 g/mol. The zero-order valence-corrected chi connectivity index (χ0v) is 16.9. The highest BCUT2D eigenvalue weighted by Crippen LogP contribution is 2.18. The van der Waals surface area contributed by atoms with E-state index in [2.05, 4.69) is 22.2 Å². The number of guanidine groups is 1. The van der Waals surface area contributed by atoms with Gasteiger partial charge in [0.25, 0.3) is 5.91 Å². The van der Waals surface area contributed by atoms with E-state index in [1.807, 2.05) is 31.2 Å². The zero-order valence-electron chi connectivity index (χ0n) is 14.6. The van der Waals surface area contributed by atoms with Gasteiger partial charge in [0.05, 0.1) is 6.54 Å². The number of nitrogens with two attached hydrogens (primary N) is 1. The summed E-state index contributed by atoms with van der Waals surface area (Å²) in [5.74, 6) is 1.06. The Balaban J connectivity index is 0.00000312. The molecule has 0 saturated heterocycles. The van der Waals surface area contributed by atoms with Crippen molar-refractivity contribution in [2.24, 2.45) is 10.7 Å². The minimum Gasteiger partial charge on any atom is -0.484 e. The highest BCUT2D eigenvalue weighted by atomic mass is 127. The first kappa shape index (κ1) is 21.3. The van der Waals surface area contributed by atoms with E-state index < -0.39 is 0 Å². The Hall–Kier alpha value is -1.77. The smallest absolute Gasteiger partial charge is 0.258 e. The lowest BCUT2D eigenvalue weighted by Gasteiger charge is -2.08. The fourth-order valence-electron chi connectivity index (χ4n) is 2.01. The summed E-state index contributed by atoms with van der Waals surface area (Å²) in [4.78, 5) is 15.7. The van der Waals surface area contributed by atoms with Crippen LogP contribution in [-0.4, -0.2) is 37.6 Å². The monoisotopic (exact) mass is 458 g/mol. The van der Waals surface area contributed by atoms with E-state index >= 15 is 0 Å². The van der Waals surface area contributed by atoms with E-state index in [-0.39, 0.29) is 36.5 Å². The van der Waals surface area contributed by atoms with Gasteiger partial charge in [-0.15, -0.1) is 24.0 Å². The fraction of sp³-hybridized carbons (Fsp3) is 0.444. The van der Waals surface area contributed by atoms with Gasteiger partial charge in [-0.05, 0) is 43.9 Å². The third-order valence-corrected chi connectivity index (χ3v) is 3.47. The van der Waals surface area contributed by atoms with Crippen LogP contribution in [0.3, 0.4) is 0 Å². The second-order valence-electron chi connectivity index (χ2n) is 6.11. The van der Waals surface area contributed by atoms with Gasteiger partial charge in [0.2, 0.25) is 0 Å². The maximum Gasteiger partial charge on any atom is 0.258 e. The summed E-state index contributed by atoms with van der Waals surface area (Å²) >= 11 is 0. The number of ether oxygens (including phenoxy) is 1. The Morgan fingerprint density at radius 1 is 1.36 bits per heavy atom. The summed E-state index contributed by atoms with van der Waals surface area (Å²) in [7, 11) is 0. The van der Waals surface area contributed by atoms with Crippen molar-refractivity contribution in [3.63, 3.8) is 0 Å². The molecule has 0 aromatic heterocycles. The van der Waals surface area contributed by atoms with Crippen LogP contribution in [0, 0.1) is 0 Å². The van der Waals surface area contributed by atoms with Gasteiger partial charge in [-0.1, -0.05) is 24.3 Å². The number of nitrogens with zero attached hydrogens (tertiary/aromatic N) is 1. The molecule has 0 heterocycles. The van der Waals surface area contributed by atoms with Gasteiger partial charge in [-0.3, -0.25) is 4.79 Å². The lowest BCUT2D eigenvalue weighted by atomic mass is 10.1. The van der Waals surface area contributed by atoms with Crippen molar-refractivity contribution in [2.45, 2.75) is 32.2 Å². The van der Waals surface area contributed by atoms with Crippen molar-refractivity contribution in [1.29, 1.82) is 0 Å². The van der Waals surface area contributed by atoms with Crippen molar-refractivity contribution >= 4 is 35.8 Å². The minimum absolute atomic E-state index is 0. The van der Waals surface area contributed by atoms with Crippen molar-refractivity contribution in [3.05, 3.63) is 42.0 Å². The highest BCUT2D eigenvalue weighted by molar-refractivity contribution is 14.0. The van der Waals surface area contributed by atoms with Crippen molar-refractivity contribution in [1.82, 2.24) is 10.6 Å². The van der Waals surface area contributed by atoms with Gasteiger partial charge in [-0.2, -0.15) is 0 Å². The molecule has 25 heavy (non-hydrogen) atoms. The standard InChI is InChI=1S/C18H26N4O2.HI/c1-13(2)11-21-18(19)20-10-9-14-3-7-16(8-4-14)24-12-17(23)22-15-5-6-15;/h3-4,7-8,15H,1,5-6,9-12H2,2H3,(H,22,23)(H3,19,20,21);1H. The maximum atomic E-state index is 11.6. The van der Waals surface area contributed by atoms with Gasteiger partial charge in [0.1, 0.15) is 5.75 Å². The van der Waals surface area contributed by atoms with Gasteiger partial charge in [-0.25, -0.2) is 4.99 Å². The van der Waals surface area contributed by atoms with Crippen LogP contribution in [-0.2, 0) is 11.2 Å². The van der Waals surface area contributed by atoms with Crippen LogP contribution in [0.4, 0.5) is 0 Å². The van der Waals surface area contributed by atoms with Gasteiger partial charge in [0, 0.05) is 12.6 Å².